The number of carbonyl (C=O) groups is 2. The molecule has 1 atom stereocenters. The lowest BCUT2D eigenvalue weighted by molar-refractivity contribution is -0.120. The average Bonchev–Trinajstić information content (AvgIpc) is 2.80. The van der Waals surface area contributed by atoms with Gasteiger partial charge in [-0.1, -0.05) is 48.3 Å². The number of hydrogen-bond acceptors (Lipinski definition) is 4. The lowest BCUT2D eigenvalue weighted by Gasteiger charge is -2.31. The Hall–Kier alpha value is -2.13. The first kappa shape index (κ1) is 25.5. The highest BCUT2D eigenvalue weighted by molar-refractivity contribution is 7.88. The number of nitrogens with one attached hydrogen (secondary N) is 2. The normalized spacial score (nSPS) is 16.9. The van der Waals surface area contributed by atoms with Gasteiger partial charge in [-0.3, -0.25) is 9.59 Å². The van der Waals surface area contributed by atoms with Crippen molar-refractivity contribution < 1.29 is 18.0 Å². The molecule has 1 heterocycles. The molecule has 0 bridgehead atoms. The van der Waals surface area contributed by atoms with Gasteiger partial charge in [0.25, 0.3) is 5.91 Å². The second-order valence-electron chi connectivity index (χ2n) is 7.94. The van der Waals surface area contributed by atoms with E-state index in [1.165, 1.54) is 4.31 Å². The van der Waals surface area contributed by atoms with Crippen molar-refractivity contribution in [3.05, 3.63) is 63.6 Å². The fraction of sp³-hybridized carbons (Fsp3) is 0.391. The minimum Gasteiger partial charge on any atom is -0.352 e. The maximum Gasteiger partial charge on any atom is 0.253 e. The van der Waals surface area contributed by atoms with Crippen molar-refractivity contribution in [2.45, 2.75) is 31.9 Å². The molecule has 2 aromatic rings. The zero-order valence-corrected chi connectivity index (χ0v) is 20.6. The molecule has 0 aliphatic carbocycles. The topological polar surface area (TPSA) is 95.6 Å². The van der Waals surface area contributed by atoms with Crippen LogP contribution in [0.4, 0.5) is 5.69 Å². The van der Waals surface area contributed by atoms with Gasteiger partial charge in [0.05, 0.1) is 22.9 Å². The second kappa shape index (κ2) is 11.3. The lowest BCUT2D eigenvalue weighted by Crippen LogP contribution is -2.44. The summed E-state index contributed by atoms with van der Waals surface area (Å²) in [5, 5.41) is 6.19. The average molecular weight is 512 g/mol. The van der Waals surface area contributed by atoms with Crippen molar-refractivity contribution in [2.24, 2.45) is 5.92 Å². The summed E-state index contributed by atoms with van der Waals surface area (Å²) in [7, 11) is -3.73. The van der Waals surface area contributed by atoms with Crippen LogP contribution in [0.2, 0.25) is 10.0 Å². The van der Waals surface area contributed by atoms with Gasteiger partial charge in [0.15, 0.2) is 0 Å². The van der Waals surface area contributed by atoms with Gasteiger partial charge in [-0.25, -0.2) is 12.7 Å². The van der Waals surface area contributed by atoms with Gasteiger partial charge in [-0.2, -0.15) is 0 Å². The number of carbonyl (C=O) groups excluding carboxylic acids is 2. The third-order valence-electron chi connectivity index (χ3n) is 5.50. The fourth-order valence-electron chi connectivity index (χ4n) is 3.71. The molecule has 178 valence electrons. The van der Waals surface area contributed by atoms with Crippen LogP contribution in [0.5, 0.6) is 0 Å². The van der Waals surface area contributed by atoms with Crippen LogP contribution >= 0.6 is 23.2 Å². The van der Waals surface area contributed by atoms with E-state index in [1.54, 1.807) is 42.5 Å². The molecule has 1 fully saturated rings. The number of halogens is 2. The summed E-state index contributed by atoms with van der Waals surface area (Å²) in [4.78, 5) is 25.4. The maximum atomic E-state index is 13.1. The van der Waals surface area contributed by atoms with Gasteiger partial charge in [-0.15, -0.1) is 0 Å². The van der Waals surface area contributed by atoms with Crippen molar-refractivity contribution in [1.82, 2.24) is 9.62 Å². The first-order valence-electron chi connectivity index (χ1n) is 10.8. The summed E-state index contributed by atoms with van der Waals surface area (Å²) in [5.41, 5.74) is 1.12. The van der Waals surface area contributed by atoms with Crippen molar-refractivity contribution in [3.63, 3.8) is 0 Å². The van der Waals surface area contributed by atoms with Gasteiger partial charge >= 0.3 is 0 Å². The van der Waals surface area contributed by atoms with E-state index in [0.717, 1.165) is 6.42 Å². The molecular weight excluding hydrogens is 485 g/mol. The van der Waals surface area contributed by atoms with Gasteiger partial charge in [0.1, 0.15) is 0 Å². The first-order chi connectivity index (χ1) is 15.7. The fourth-order valence-corrected chi connectivity index (χ4v) is 6.07. The van der Waals surface area contributed by atoms with Crippen LogP contribution in [-0.2, 0) is 20.6 Å². The van der Waals surface area contributed by atoms with Gasteiger partial charge < -0.3 is 10.6 Å². The van der Waals surface area contributed by atoms with Crippen molar-refractivity contribution in [2.75, 3.05) is 25.0 Å². The van der Waals surface area contributed by atoms with Crippen LogP contribution in [0.3, 0.4) is 0 Å². The molecule has 0 aromatic heterocycles. The predicted molar refractivity (Wildman–Crippen MR) is 131 cm³/mol. The van der Waals surface area contributed by atoms with E-state index >= 15 is 0 Å². The third kappa shape index (κ3) is 6.47. The molecule has 0 radical (unpaired) electrons. The molecule has 3 rings (SSSR count). The number of anilines is 1. The number of benzene rings is 2. The molecule has 0 unspecified atom stereocenters. The van der Waals surface area contributed by atoms with E-state index in [9.17, 15) is 18.0 Å². The Morgan fingerprint density at radius 3 is 2.48 bits per heavy atom. The summed E-state index contributed by atoms with van der Waals surface area (Å²) in [6, 6.07) is 11.6. The second-order valence-corrected chi connectivity index (χ2v) is 10.7. The molecule has 2 N–H and O–H groups in total. The standard InChI is InChI=1S/C23H27Cl2N3O4S/c1-2-12-26-23(30)17-8-3-4-11-21(17)27-22(29)16-7-6-13-28(14-16)33(31,32)15-18-19(24)9-5-10-20(18)25/h3-5,8-11,16H,2,6-7,12-15H2,1H3,(H,26,30)(H,27,29)/t16-/m0/s1. The first-order valence-corrected chi connectivity index (χ1v) is 13.2. The molecule has 7 nitrogen and oxygen atoms in total. The molecule has 0 saturated carbocycles. The van der Waals surface area contributed by atoms with E-state index in [-0.39, 0.29) is 34.2 Å². The van der Waals surface area contributed by atoms with E-state index < -0.39 is 15.9 Å². The van der Waals surface area contributed by atoms with Crippen LogP contribution in [0, 0.1) is 5.92 Å². The molecule has 33 heavy (non-hydrogen) atoms. The number of hydrogen-bond donors (Lipinski definition) is 2. The van der Waals surface area contributed by atoms with Crippen molar-refractivity contribution in [1.29, 1.82) is 0 Å². The number of para-hydroxylation sites is 1. The molecule has 1 saturated heterocycles. The van der Waals surface area contributed by atoms with E-state index in [4.69, 9.17) is 23.2 Å². The number of rotatable bonds is 8. The number of nitrogens with zero attached hydrogens (tertiary/aromatic N) is 1. The smallest absolute Gasteiger partial charge is 0.253 e. The molecule has 2 amide bonds. The zero-order valence-electron chi connectivity index (χ0n) is 18.3. The zero-order chi connectivity index (χ0) is 24.0. The van der Waals surface area contributed by atoms with Gasteiger partial charge in [0, 0.05) is 35.2 Å². The molecule has 2 aromatic carbocycles. The molecule has 1 aliphatic rings. The van der Waals surface area contributed by atoms with Crippen molar-refractivity contribution in [3.8, 4) is 0 Å². The summed E-state index contributed by atoms with van der Waals surface area (Å²) in [6.45, 7) is 2.87. The summed E-state index contributed by atoms with van der Waals surface area (Å²) >= 11 is 12.3. The lowest BCUT2D eigenvalue weighted by atomic mass is 9.98. The SMILES string of the molecule is CCCNC(=O)c1ccccc1NC(=O)[C@H]1CCCN(S(=O)(=O)Cc2c(Cl)cccc2Cl)C1. The van der Waals surface area contributed by atoms with Gasteiger partial charge in [0.2, 0.25) is 15.9 Å². The van der Waals surface area contributed by atoms with Crippen LogP contribution in [0.15, 0.2) is 42.5 Å². The molecule has 0 spiro atoms. The van der Waals surface area contributed by atoms with E-state index in [1.807, 2.05) is 6.92 Å². The van der Waals surface area contributed by atoms with Crippen molar-refractivity contribution >= 4 is 50.7 Å². The number of piperidine rings is 1. The minimum absolute atomic E-state index is 0.0560. The van der Waals surface area contributed by atoms with Crippen LogP contribution in [0.25, 0.3) is 0 Å². The Labute approximate surface area is 204 Å². The maximum absolute atomic E-state index is 13.1. The Kier molecular flexibility index (Phi) is 8.75. The highest BCUT2D eigenvalue weighted by atomic mass is 35.5. The summed E-state index contributed by atoms with van der Waals surface area (Å²) in [5.74, 6) is -1.46. The highest BCUT2D eigenvalue weighted by Gasteiger charge is 2.33. The van der Waals surface area contributed by atoms with Crippen LogP contribution in [-0.4, -0.2) is 44.2 Å². The predicted octanol–water partition coefficient (Wildman–Crippen LogP) is 4.31. The minimum atomic E-state index is -3.73. The van der Waals surface area contributed by atoms with E-state index in [2.05, 4.69) is 10.6 Å². The third-order valence-corrected chi connectivity index (χ3v) is 7.98. The number of sulfonamides is 1. The Morgan fingerprint density at radius 1 is 1.09 bits per heavy atom. The summed E-state index contributed by atoms with van der Waals surface area (Å²) in [6.07, 6.45) is 1.90. The number of amides is 2. The highest BCUT2D eigenvalue weighted by Crippen LogP contribution is 2.29. The summed E-state index contributed by atoms with van der Waals surface area (Å²) < 4.78 is 27.4. The van der Waals surface area contributed by atoms with Crippen LogP contribution in [0.1, 0.15) is 42.1 Å². The van der Waals surface area contributed by atoms with Gasteiger partial charge in [-0.05, 0) is 43.5 Å². The Balaban J connectivity index is 1.71. The molecular formula is C23H27Cl2N3O4S. The molecule has 10 heteroatoms. The van der Waals surface area contributed by atoms with E-state index in [0.29, 0.717) is 42.7 Å². The monoisotopic (exact) mass is 511 g/mol. The Bertz CT molecular complexity index is 1100. The molecule has 1 aliphatic heterocycles. The Morgan fingerprint density at radius 2 is 1.79 bits per heavy atom. The van der Waals surface area contributed by atoms with Crippen LogP contribution < -0.4 is 10.6 Å². The largest absolute Gasteiger partial charge is 0.352 e. The quantitative estimate of drug-likeness (QED) is 0.551.